The molecule has 5 rings (SSSR count). The number of pyridine rings is 1. The van der Waals surface area contributed by atoms with Gasteiger partial charge < -0.3 is 14.1 Å². The van der Waals surface area contributed by atoms with E-state index in [1.807, 2.05) is 30.3 Å². The third kappa shape index (κ3) is 4.11. The van der Waals surface area contributed by atoms with Crippen LogP contribution in [0.5, 0.6) is 0 Å². The molecule has 1 aliphatic rings. The van der Waals surface area contributed by atoms with Crippen LogP contribution >= 0.6 is 11.6 Å². The minimum atomic E-state index is -4.75. The number of rotatable bonds is 4. The predicted molar refractivity (Wildman–Crippen MR) is 123 cm³/mol. The fraction of sp³-hybridized carbons (Fsp3) is 0.240. The first-order chi connectivity index (χ1) is 17.2. The van der Waals surface area contributed by atoms with Crippen LogP contribution in [0.4, 0.5) is 13.2 Å². The van der Waals surface area contributed by atoms with E-state index in [0.717, 1.165) is 16.0 Å². The molecule has 36 heavy (non-hydrogen) atoms. The number of hydrogen-bond acceptors (Lipinski definition) is 5. The van der Waals surface area contributed by atoms with Crippen molar-refractivity contribution in [3.63, 3.8) is 0 Å². The van der Waals surface area contributed by atoms with Crippen LogP contribution in [-0.2, 0) is 15.7 Å². The summed E-state index contributed by atoms with van der Waals surface area (Å²) in [5.41, 5.74) is -0.425. The van der Waals surface area contributed by atoms with Crippen LogP contribution in [0, 0.1) is 5.92 Å². The lowest BCUT2D eigenvalue weighted by atomic mass is 9.89. The summed E-state index contributed by atoms with van der Waals surface area (Å²) >= 11 is 6.44. The van der Waals surface area contributed by atoms with Gasteiger partial charge in [0.1, 0.15) is 5.15 Å². The number of carbonyl (C=O) groups is 2. The lowest BCUT2D eigenvalue weighted by molar-refractivity contribution is -0.145. The smallest absolute Gasteiger partial charge is 0.420 e. The lowest BCUT2D eigenvalue weighted by Crippen LogP contribution is -2.30. The van der Waals surface area contributed by atoms with Crippen molar-refractivity contribution < 1.29 is 31.9 Å². The molecule has 4 heterocycles. The molecule has 1 amide bonds. The van der Waals surface area contributed by atoms with Crippen LogP contribution in [0.25, 0.3) is 16.8 Å². The van der Waals surface area contributed by atoms with Gasteiger partial charge >= 0.3 is 12.1 Å². The molecule has 0 radical (unpaired) electrons. The molecule has 3 aromatic heterocycles. The van der Waals surface area contributed by atoms with Crippen LogP contribution in [0.2, 0.25) is 5.15 Å². The molecule has 0 aliphatic carbocycles. The molecule has 186 valence electrons. The quantitative estimate of drug-likeness (QED) is 0.344. The van der Waals surface area contributed by atoms with Crippen molar-refractivity contribution >= 4 is 29.1 Å². The van der Waals surface area contributed by atoms with Crippen molar-refractivity contribution in [2.24, 2.45) is 5.92 Å². The Kier molecular flexibility index (Phi) is 5.99. The van der Waals surface area contributed by atoms with Gasteiger partial charge in [-0.1, -0.05) is 41.9 Å². The highest BCUT2D eigenvalue weighted by Crippen LogP contribution is 2.38. The van der Waals surface area contributed by atoms with E-state index < -0.39 is 35.2 Å². The second kappa shape index (κ2) is 9.02. The molecular formula is C25H19ClF3N3O4. The molecule has 1 aliphatic heterocycles. The minimum Gasteiger partial charge on any atom is -0.472 e. The van der Waals surface area contributed by atoms with Crippen molar-refractivity contribution in [3.05, 3.63) is 83.2 Å². The average molecular weight is 518 g/mol. The van der Waals surface area contributed by atoms with E-state index in [1.165, 1.54) is 36.8 Å². The molecule has 4 aromatic rings. The molecule has 1 saturated heterocycles. The molecular weight excluding hydrogens is 499 g/mol. The summed E-state index contributed by atoms with van der Waals surface area (Å²) in [5.74, 6) is -2.15. The standard InChI is InChI=1S/C25H19ClF3N3O4/c1-35-24(34)18-12-31(11-17(18)14-5-3-2-4-6-14)23(33)20-21(26)32-10-16(15-7-8-36-13-15)9-19(22(32)30-20)25(27,28)29/h2-10,13,17-18H,11-12H2,1H3/t17-,18+/m0/s1. The Morgan fingerprint density at radius 2 is 1.89 bits per heavy atom. The van der Waals surface area contributed by atoms with E-state index in [0.29, 0.717) is 5.56 Å². The number of aromatic nitrogens is 2. The van der Waals surface area contributed by atoms with E-state index >= 15 is 0 Å². The number of amides is 1. The molecule has 0 bridgehead atoms. The number of likely N-dealkylation sites (tertiary alicyclic amines) is 1. The number of nitrogens with zero attached hydrogens (tertiary/aromatic N) is 3. The normalized spacial score (nSPS) is 18.1. The number of ether oxygens (including phenoxy) is 1. The Morgan fingerprint density at radius 1 is 1.14 bits per heavy atom. The first kappa shape index (κ1) is 23.9. The van der Waals surface area contributed by atoms with Crippen molar-refractivity contribution in [2.75, 3.05) is 20.2 Å². The molecule has 0 unspecified atom stereocenters. The zero-order valence-corrected chi connectivity index (χ0v) is 19.6. The maximum absolute atomic E-state index is 13.9. The van der Waals surface area contributed by atoms with Gasteiger partial charge in [0.15, 0.2) is 11.3 Å². The van der Waals surface area contributed by atoms with Gasteiger partial charge in [-0.2, -0.15) is 13.2 Å². The predicted octanol–water partition coefficient (Wildman–Crippen LogP) is 5.30. The van der Waals surface area contributed by atoms with E-state index in [-0.39, 0.29) is 35.4 Å². The van der Waals surface area contributed by atoms with Gasteiger partial charge in [0.2, 0.25) is 0 Å². The summed E-state index contributed by atoms with van der Waals surface area (Å²) in [7, 11) is 1.27. The number of hydrogen-bond donors (Lipinski definition) is 0. The van der Waals surface area contributed by atoms with E-state index in [9.17, 15) is 22.8 Å². The number of alkyl halides is 3. The van der Waals surface area contributed by atoms with Crippen LogP contribution in [0.3, 0.4) is 0 Å². The third-order valence-corrected chi connectivity index (χ3v) is 6.72. The number of furan rings is 1. The minimum absolute atomic E-state index is 0.0155. The summed E-state index contributed by atoms with van der Waals surface area (Å²) in [6, 6.07) is 11.6. The number of fused-ring (bicyclic) bond motifs is 1. The number of benzene rings is 1. The number of carbonyl (C=O) groups excluding carboxylic acids is 2. The van der Waals surface area contributed by atoms with E-state index in [4.69, 9.17) is 20.8 Å². The summed E-state index contributed by atoms with van der Waals surface area (Å²) in [6.07, 6.45) is -0.738. The largest absolute Gasteiger partial charge is 0.472 e. The highest BCUT2D eigenvalue weighted by Gasteiger charge is 2.43. The number of methoxy groups -OCH3 is 1. The molecule has 2 atom stereocenters. The van der Waals surface area contributed by atoms with Gasteiger partial charge in [-0.15, -0.1) is 0 Å². The van der Waals surface area contributed by atoms with Gasteiger partial charge in [0, 0.05) is 36.3 Å². The molecule has 0 saturated carbocycles. The maximum atomic E-state index is 13.9. The van der Waals surface area contributed by atoms with Gasteiger partial charge in [-0.05, 0) is 17.7 Å². The molecule has 0 N–H and O–H groups in total. The lowest BCUT2D eigenvalue weighted by Gasteiger charge is -2.16. The number of imidazole rings is 1. The molecule has 0 spiro atoms. The molecule has 11 heteroatoms. The monoisotopic (exact) mass is 517 g/mol. The van der Waals surface area contributed by atoms with E-state index in [1.54, 1.807) is 0 Å². The maximum Gasteiger partial charge on any atom is 0.420 e. The van der Waals surface area contributed by atoms with Crippen molar-refractivity contribution in [3.8, 4) is 11.1 Å². The SMILES string of the molecule is COC(=O)[C@@H]1CN(C(=O)c2nc3c(C(F)(F)F)cc(-c4ccoc4)cn3c2Cl)C[C@H]1c1ccccc1. The Bertz CT molecular complexity index is 1430. The Hall–Kier alpha value is -3.79. The Labute approximate surface area is 208 Å². The van der Waals surface area contributed by atoms with Crippen LogP contribution in [0.1, 0.15) is 27.5 Å². The van der Waals surface area contributed by atoms with Gasteiger partial charge in [0.05, 0.1) is 31.1 Å². The molecule has 7 nitrogen and oxygen atoms in total. The topological polar surface area (TPSA) is 77.0 Å². The van der Waals surface area contributed by atoms with Gasteiger partial charge in [0.25, 0.3) is 5.91 Å². The van der Waals surface area contributed by atoms with E-state index in [2.05, 4.69) is 4.98 Å². The first-order valence-electron chi connectivity index (χ1n) is 10.9. The zero-order valence-electron chi connectivity index (χ0n) is 18.8. The zero-order chi connectivity index (χ0) is 25.6. The fourth-order valence-electron chi connectivity index (χ4n) is 4.60. The second-order valence-electron chi connectivity index (χ2n) is 8.45. The molecule has 1 fully saturated rings. The summed E-state index contributed by atoms with van der Waals surface area (Å²) in [6.45, 7) is 0.168. The van der Waals surface area contributed by atoms with Gasteiger partial charge in [-0.3, -0.25) is 14.0 Å². The number of halogens is 4. The summed E-state index contributed by atoms with van der Waals surface area (Å²) < 4.78 is 52.8. The second-order valence-corrected chi connectivity index (χ2v) is 8.81. The number of esters is 1. The summed E-state index contributed by atoms with van der Waals surface area (Å²) in [4.78, 5) is 31.3. The van der Waals surface area contributed by atoms with Crippen molar-refractivity contribution in [1.82, 2.24) is 14.3 Å². The Balaban J connectivity index is 1.56. The average Bonchev–Trinajstić information content (AvgIpc) is 3.62. The first-order valence-corrected chi connectivity index (χ1v) is 11.3. The van der Waals surface area contributed by atoms with Crippen LogP contribution < -0.4 is 0 Å². The van der Waals surface area contributed by atoms with Crippen LogP contribution in [0.15, 0.2) is 65.6 Å². The van der Waals surface area contributed by atoms with Crippen molar-refractivity contribution in [1.29, 1.82) is 0 Å². The third-order valence-electron chi connectivity index (χ3n) is 6.36. The van der Waals surface area contributed by atoms with Crippen molar-refractivity contribution in [2.45, 2.75) is 12.1 Å². The Morgan fingerprint density at radius 3 is 2.53 bits per heavy atom. The highest BCUT2D eigenvalue weighted by atomic mass is 35.5. The summed E-state index contributed by atoms with van der Waals surface area (Å²) in [5, 5.41) is -0.261. The molecule has 1 aromatic carbocycles. The highest BCUT2D eigenvalue weighted by molar-refractivity contribution is 6.33. The fourth-order valence-corrected chi connectivity index (χ4v) is 4.85. The van der Waals surface area contributed by atoms with Crippen LogP contribution in [-0.4, -0.2) is 46.4 Å². The van der Waals surface area contributed by atoms with Gasteiger partial charge in [-0.25, -0.2) is 4.98 Å².